The van der Waals surface area contributed by atoms with Crippen LogP contribution < -0.4 is 15.7 Å². The van der Waals surface area contributed by atoms with E-state index in [0.717, 1.165) is 25.0 Å². The Hall–Kier alpha value is -2.85. The van der Waals surface area contributed by atoms with Gasteiger partial charge in [-0.1, -0.05) is 0 Å². The molecule has 2 N–H and O–H groups in total. The van der Waals surface area contributed by atoms with Gasteiger partial charge in [-0.2, -0.15) is 5.10 Å². The molecule has 7 nitrogen and oxygen atoms in total. The van der Waals surface area contributed by atoms with Crippen LogP contribution >= 0.6 is 0 Å². The minimum atomic E-state index is -4.96. The normalized spacial score (nSPS) is 14.4. The maximum atomic E-state index is 13.8. The van der Waals surface area contributed by atoms with Gasteiger partial charge in [-0.25, -0.2) is 14.3 Å². The average Bonchev–Trinajstić information content (AvgIpc) is 3.26. The second-order valence-electron chi connectivity index (χ2n) is 5.42. The van der Waals surface area contributed by atoms with Crippen LogP contribution in [0.25, 0.3) is 0 Å². The van der Waals surface area contributed by atoms with E-state index in [9.17, 15) is 27.2 Å². The molecule has 1 fully saturated rings. The number of hydrogen-bond acceptors (Lipinski definition) is 4. The number of H-pyrrole nitrogens is 1. The van der Waals surface area contributed by atoms with Gasteiger partial charge in [0, 0.05) is 12.1 Å². The summed E-state index contributed by atoms with van der Waals surface area (Å²) in [5.41, 5.74) is -0.850. The number of aromatic nitrogens is 3. The van der Waals surface area contributed by atoms with Gasteiger partial charge in [0.05, 0.1) is 12.1 Å². The van der Waals surface area contributed by atoms with Gasteiger partial charge >= 0.3 is 12.1 Å². The fraction of sp³-hybridized carbons (Fsp3) is 0.357. The van der Waals surface area contributed by atoms with Crippen LogP contribution in [-0.4, -0.2) is 27.0 Å². The van der Waals surface area contributed by atoms with Crippen molar-refractivity contribution in [3.8, 4) is 5.75 Å². The lowest BCUT2D eigenvalue weighted by molar-refractivity contribution is -0.274. The fourth-order valence-corrected chi connectivity index (χ4v) is 2.30. The molecule has 1 aliphatic rings. The molecule has 1 heterocycles. The van der Waals surface area contributed by atoms with Crippen molar-refractivity contribution >= 4 is 5.91 Å². The Labute approximate surface area is 137 Å². The summed E-state index contributed by atoms with van der Waals surface area (Å²) >= 11 is 0. The summed E-state index contributed by atoms with van der Waals surface area (Å²) in [7, 11) is 0. The maximum absolute atomic E-state index is 13.8. The van der Waals surface area contributed by atoms with Crippen LogP contribution in [0.5, 0.6) is 5.75 Å². The zero-order chi connectivity index (χ0) is 18.2. The molecule has 1 amide bonds. The van der Waals surface area contributed by atoms with Crippen molar-refractivity contribution in [3.05, 3.63) is 45.9 Å². The quantitative estimate of drug-likeness (QED) is 0.797. The molecule has 3 rings (SSSR count). The number of halogens is 4. The van der Waals surface area contributed by atoms with Crippen LogP contribution in [0.1, 0.15) is 35.1 Å². The molecule has 1 aromatic carbocycles. The molecule has 11 heteroatoms. The molecule has 25 heavy (non-hydrogen) atoms. The third kappa shape index (κ3) is 3.98. The highest BCUT2D eigenvalue weighted by molar-refractivity contribution is 5.94. The van der Waals surface area contributed by atoms with E-state index >= 15 is 0 Å². The van der Waals surface area contributed by atoms with Gasteiger partial charge in [-0.15, -0.1) is 13.2 Å². The van der Waals surface area contributed by atoms with Crippen molar-refractivity contribution in [2.45, 2.75) is 31.8 Å². The number of nitrogens with one attached hydrogen (secondary N) is 2. The Kier molecular flexibility index (Phi) is 4.23. The number of amides is 1. The van der Waals surface area contributed by atoms with Crippen LogP contribution in [0.4, 0.5) is 17.6 Å². The number of nitrogens with zero attached hydrogens (tertiary/aromatic N) is 2. The van der Waals surface area contributed by atoms with Crippen molar-refractivity contribution in [3.63, 3.8) is 0 Å². The molecule has 134 valence electrons. The van der Waals surface area contributed by atoms with Crippen molar-refractivity contribution < 1.29 is 27.1 Å². The van der Waals surface area contributed by atoms with Gasteiger partial charge in [-0.3, -0.25) is 9.36 Å². The van der Waals surface area contributed by atoms with E-state index in [2.05, 4.69) is 20.3 Å². The van der Waals surface area contributed by atoms with Crippen LogP contribution in [0, 0.1) is 5.82 Å². The number of aromatic amines is 1. The van der Waals surface area contributed by atoms with Crippen LogP contribution in [0.2, 0.25) is 0 Å². The number of benzene rings is 1. The smallest absolute Gasteiger partial charge is 0.406 e. The van der Waals surface area contributed by atoms with E-state index < -0.39 is 35.1 Å². The second kappa shape index (κ2) is 6.22. The standard InChI is InChI=1S/C14H12F4N4O3/c15-10-5-8(25-14(16,17)18)3-4-9(10)12(23)19-6-11-20-21-13(24)22(11)7-1-2-7/h3-5,7H,1-2,6H2,(H,19,23)(H,21,24). The molecule has 0 bridgehead atoms. The zero-order valence-electron chi connectivity index (χ0n) is 12.6. The highest BCUT2D eigenvalue weighted by Gasteiger charge is 2.31. The Balaban J connectivity index is 1.68. The van der Waals surface area contributed by atoms with Gasteiger partial charge in [0.25, 0.3) is 5.91 Å². The SMILES string of the molecule is O=C(NCc1n[nH]c(=O)n1C1CC1)c1ccc(OC(F)(F)F)cc1F. The third-order valence-electron chi connectivity index (χ3n) is 3.52. The number of hydrogen-bond donors (Lipinski definition) is 2. The van der Waals surface area contributed by atoms with Crippen molar-refractivity contribution in [2.24, 2.45) is 0 Å². The van der Waals surface area contributed by atoms with E-state index in [0.29, 0.717) is 11.9 Å². The number of carbonyl (C=O) groups is 1. The second-order valence-corrected chi connectivity index (χ2v) is 5.42. The van der Waals surface area contributed by atoms with Crippen molar-refractivity contribution in [1.29, 1.82) is 0 Å². The Bertz CT molecular complexity index is 854. The first kappa shape index (κ1) is 17.0. The Morgan fingerprint density at radius 2 is 2.12 bits per heavy atom. The van der Waals surface area contributed by atoms with Gasteiger partial charge < -0.3 is 10.1 Å². The monoisotopic (exact) mass is 360 g/mol. The summed E-state index contributed by atoms with van der Waals surface area (Å²) in [5, 5.41) is 8.44. The summed E-state index contributed by atoms with van der Waals surface area (Å²) in [6, 6.07) is 2.22. The molecule has 1 aromatic heterocycles. The minimum Gasteiger partial charge on any atom is -0.406 e. The van der Waals surface area contributed by atoms with Gasteiger partial charge in [0.2, 0.25) is 0 Å². The molecule has 0 spiro atoms. The molecule has 0 radical (unpaired) electrons. The summed E-state index contributed by atoms with van der Waals surface area (Å²) in [6.07, 6.45) is -3.30. The predicted molar refractivity (Wildman–Crippen MR) is 75.4 cm³/mol. The van der Waals surface area contributed by atoms with Gasteiger partial charge in [0.1, 0.15) is 11.6 Å². The topological polar surface area (TPSA) is 89.0 Å². The van der Waals surface area contributed by atoms with Crippen LogP contribution in [-0.2, 0) is 6.54 Å². The lowest BCUT2D eigenvalue weighted by Crippen LogP contribution is -2.27. The zero-order valence-corrected chi connectivity index (χ0v) is 12.6. The van der Waals surface area contributed by atoms with E-state index in [-0.39, 0.29) is 12.6 Å². The van der Waals surface area contributed by atoms with E-state index in [1.165, 1.54) is 4.57 Å². The van der Waals surface area contributed by atoms with Crippen LogP contribution in [0.3, 0.4) is 0 Å². The van der Waals surface area contributed by atoms with E-state index in [1.54, 1.807) is 0 Å². The van der Waals surface area contributed by atoms with Crippen LogP contribution in [0.15, 0.2) is 23.0 Å². The Morgan fingerprint density at radius 3 is 2.72 bits per heavy atom. The fourth-order valence-electron chi connectivity index (χ4n) is 2.30. The summed E-state index contributed by atoms with van der Waals surface area (Å²) in [5.74, 6) is -2.50. The summed E-state index contributed by atoms with van der Waals surface area (Å²) < 4.78 is 55.1. The first-order valence-corrected chi connectivity index (χ1v) is 7.24. The number of rotatable bonds is 5. The molecular formula is C14H12F4N4O3. The number of alkyl halides is 3. The van der Waals surface area contributed by atoms with Gasteiger partial charge in [-0.05, 0) is 25.0 Å². The largest absolute Gasteiger partial charge is 0.573 e. The minimum absolute atomic E-state index is 0.0358. The molecule has 0 atom stereocenters. The average molecular weight is 360 g/mol. The lowest BCUT2D eigenvalue weighted by atomic mass is 10.2. The predicted octanol–water partition coefficient (Wildman–Crippen LogP) is 1.87. The lowest BCUT2D eigenvalue weighted by Gasteiger charge is -2.10. The van der Waals surface area contributed by atoms with E-state index in [4.69, 9.17) is 0 Å². The summed E-state index contributed by atoms with van der Waals surface area (Å²) in [6.45, 7) is -0.131. The molecule has 0 saturated heterocycles. The molecule has 2 aromatic rings. The molecule has 1 saturated carbocycles. The maximum Gasteiger partial charge on any atom is 0.573 e. The molecular weight excluding hydrogens is 348 g/mol. The number of ether oxygens (including phenoxy) is 1. The third-order valence-corrected chi connectivity index (χ3v) is 3.52. The summed E-state index contributed by atoms with van der Waals surface area (Å²) in [4.78, 5) is 23.6. The van der Waals surface area contributed by atoms with Gasteiger partial charge in [0.15, 0.2) is 5.82 Å². The highest BCUT2D eigenvalue weighted by Crippen LogP contribution is 2.34. The highest BCUT2D eigenvalue weighted by atomic mass is 19.4. The van der Waals surface area contributed by atoms with E-state index in [1.807, 2.05) is 0 Å². The molecule has 0 unspecified atom stereocenters. The van der Waals surface area contributed by atoms with Crippen molar-refractivity contribution in [2.75, 3.05) is 0 Å². The Morgan fingerprint density at radius 1 is 1.40 bits per heavy atom. The first-order chi connectivity index (χ1) is 11.7. The molecule has 0 aliphatic heterocycles. The number of carbonyl (C=O) groups excluding carboxylic acids is 1. The first-order valence-electron chi connectivity index (χ1n) is 7.24. The van der Waals surface area contributed by atoms with Crippen molar-refractivity contribution in [1.82, 2.24) is 20.1 Å². The molecule has 1 aliphatic carbocycles.